The fourth-order valence-corrected chi connectivity index (χ4v) is 3.12. The van der Waals surface area contributed by atoms with E-state index >= 15 is 0 Å². The second-order valence-electron chi connectivity index (χ2n) is 6.38. The molecule has 2 aliphatic heterocycles. The number of benzene rings is 1. The first-order valence-electron chi connectivity index (χ1n) is 7.67. The van der Waals surface area contributed by atoms with Gasteiger partial charge in [0.05, 0.1) is 6.61 Å². The predicted molar refractivity (Wildman–Crippen MR) is 87.4 cm³/mol. The number of ether oxygens (including phenoxy) is 1. The highest BCUT2D eigenvalue weighted by Crippen LogP contribution is 2.26. The highest BCUT2D eigenvalue weighted by atomic mass is 16.5. The van der Waals surface area contributed by atoms with E-state index in [0.717, 1.165) is 11.3 Å². The van der Waals surface area contributed by atoms with Gasteiger partial charge in [-0.05, 0) is 37.7 Å². The maximum absolute atomic E-state index is 12.3. The van der Waals surface area contributed by atoms with Crippen LogP contribution in [0.2, 0.25) is 0 Å². The Morgan fingerprint density at radius 1 is 1.39 bits per heavy atom. The van der Waals surface area contributed by atoms with Gasteiger partial charge < -0.3 is 25.6 Å². The quantitative estimate of drug-likeness (QED) is 0.815. The molecule has 0 aromatic heterocycles. The van der Waals surface area contributed by atoms with Crippen molar-refractivity contribution in [3.8, 4) is 0 Å². The second-order valence-corrected chi connectivity index (χ2v) is 6.38. The Morgan fingerprint density at radius 2 is 2.13 bits per heavy atom. The van der Waals surface area contributed by atoms with Crippen LogP contribution in [0.3, 0.4) is 0 Å². The SMILES string of the molecule is Cc1cc(NC(=O)C2(N)CN(C)C2)ccc1N1CCOCC1=O. The first-order chi connectivity index (χ1) is 10.9. The van der Waals surface area contributed by atoms with E-state index in [-0.39, 0.29) is 18.4 Å². The second kappa shape index (κ2) is 5.92. The predicted octanol–water partition coefficient (Wildman–Crippen LogP) is -0.0604. The minimum absolute atomic E-state index is 0.0467. The topological polar surface area (TPSA) is 87.9 Å². The van der Waals surface area contributed by atoms with Crippen LogP contribution in [0.1, 0.15) is 5.56 Å². The lowest BCUT2D eigenvalue weighted by Gasteiger charge is -2.44. The largest absolute Gasteiger partial charge is 0.370 e. The van der Waals surface area contributed by atoms with Crippen LogP contribution in [0, 0.1) is 6.92 Å². The zero-order valence-corrected chi connectivity index (χ0v) is 13.5. The Balaban J connectivity index is 1.72. The molecule has 1 aromatic rings. The summed E-state index contributed by atoms with van der Waals surface area (Å²) in [4.78, 5) is 27.9. The molecular formula is C16H22N4O3. The molecule has 1 aromatic carbocycles. The highest BCUT2D eigenvalue weighted by molar-refractivity contribution is 6.00. The molecule has 2 fully saturated rings. The van der Waals surface area contributed by atoms with Crippen molar-refractivity contribution in [1.29, 1.82) is 0 Å². The molecule has 124 valence electrons. The molecule has 3 N–H and O–H groups in total. The Morgan fingerprint density at radius 3 is 2.74 bits per heavy atom. The molecule has 0 saturated carbocycles. The van der Waals surface area contributed by atoms with Crippen LogP contribution in [0.5, 0.6) is 0 Å². The summed E-state index contributed by atoms with van der Waals surface area (Å²) in [7, 11) is 1.93. The zero-order valence-electron chi connectivity index (χ0n) is 13.5. The summed E-state index contributed by atoms with van der Waals surface area (Å²) in [6.07, 6.45) is 0. The van der Waals surface area contributed by atoms with E-state index in [1.807, 2.05) is 31.0 Å². The van der Waals surface area contributed by atoms with Gasteiger partial charge in [-0.3, -0.25) is 9.59 Å². The molecule has 0 unspecified atom stereocenters. The molecule has 0 atom stereocenters. The fourth-order valence-electron chi connectivity index (χ4n) is 3.12. The number of hydrogen-bond acceptors (Lipinski definition) is 5. The number of nitrogens with two attached hydrogens (primary N) is 1. The maximum atomic E-state index is 12.3. The Bertz CT molecular complexity index is 640. The number of carbonyl (C=O) groups excluding carboxylic acids is 2. The molecule has 2 heterocycles. The van der Waals surface area contributed by atoms with Crippen molar-refractivity contribution in [3.05, 3.63) is 23.8 Å². The Labute approximate surface area is 135 Å². The van der Waals surface area contributed by atoms with E-state index in [1.165, 1.54) is 0 Å². The van der Waals surface area contributed by atoms with Crippen molar-refractivity contribution in [1.82, 2.24) is 4.90 Å². The summed E-state index contributed by atoms with van der Waals surface area (Å²) in [6.45, 7) is 4.22. The number of nitrogens with zero attached hydrogens (tertiary/aromatic N) is 2. The van der Waals surface area contributed by atoms with Crippen molar-refractivity contribution >= 4 is 23.2 Å². The van der Waals surface area contributed by atoms with Gasteiger partial charge in [-0.15, -0.1) is 0 Å². The standard InChI is InChI=1S/C16H22N4O3/c1-11-7-12(18-15(22)16(17)9-19(2)10-16)3-4-13(11)20-5-6-23-8-14(20)21/h3-4,7H,5-6,8-10,17H2,1-2H3,(H,18,22). The molecule has 2 aliphatic rings. The minimum Gasteiger partial charge on any atom is -0.370 e. The highest BCUT2D eigenvalue weighted by Gasteiger charge is 2.44. The van der Waals surface area contributed by atoms with Crippen LogP contribution in [0.25, 0.3) is 0 Å². The molecular weight excluding hydrogens is 296 g/mol. The van der Waals surface area contributed by atoms with Crippen molar-refractivity contribution < 1.29 is 14.3 Å². The van der Waals surface area contributed by atoms with Gasteiger partial charge >= 0.3 is 0 Å². The molecule has 0 spiro atoms. The summed E-state index contributed by atoms with van der Waals surface area (Å²) in [5.74, 6) is -0.222. The number of aryl methyl sites for hydroxylation is 1. The van der Waals surface area contributed by atoms with Gasteiger partial charge in [-0.25, -0.2) is 0 Å². The summed E-state index contributed by atoms with van der Waals surface area (Å²) in [5, 5.41) is 2.87. The molecule has 7 nitrogen and oxygen atoms in total. The molecule has 0 bridgehead atoms. The number of amides is 2. The van der Waals surface area contributed by atoms with Crippen molar-refractivity contribution in [2.45, 2.75) is 12.5 Å². The lowest BCUT2D eigenvalue weighted by molar-refractivity contribution is -0.126. The summed E-state index contributed by atoms with van der Waals surface area (Å²) < 4.78 is 5.15. The van der Waals surface area contributed by atoms with Gasteiger partial charge in [-0.1, -0.05) is 0 Å². The van der Waals surface area contributed by atoms with E-state index < -0.39 is 5.54 Å². The normalized spacial score (nSPS) is 21.0. The van der Waals surface area contributed by atoms with Crippen LogP contribution in [-0.2, 0) is 14.3 Å². The molecule has 23 heavy (non-hydrogen) atoms. The van der Waals surface area contributed by atoms with Crippen LogP contribution in [0.4, 0.5) is 11.4 Å². The van der Waals surface area contributed by atoms with Crippen molar-refractivity contribution in [2.75, 3.05) is 50.1 Å². The Kier molecular flexibility index (Phi) is 4.09. The molecule has 0 radical (unpaired) electrons. The zero-order chi connectivity index (χ0) is 16.6. The number of likely N-dealkylation sites (N-methyl/N-ethyl adjacent to an activating group) is 1. The first-order valence-corrected chi connectivity index (χ1v) is 7.67. The van der Waals surface area contributed by atoms with Crippen LogP contribution in [0.15, 0.2) is 18.2 Å². The number of rotatable bonds is 3. The summed E-state index contributed by atoms with van der Waals surface area (Å²) >= 11 is 0. The van der Waals surface area contributed by atoms with Crippen molar-refractivity contribution in [2.24, 2.45) is 5.73 Å². The number of likely N-dealkylation sites (tertiary alicyclic amines) is 1. The fraction of sp³-hybridized carbons (Fsp3) is 0.500. The van der Waals surface area contributed by atoms with Crippen molar-refractivity contribution in [3.63, 3.8) is 0 Å². The number of anilines is 2. The van der Waals surface area contributed by atoms with Gasteiger partial charge in [0.1, 0.15) is 12.1 Å². The third-order valence-corrected chi connectivity index (χ3v) is 4.29. The average Bonchev–Trinajstić information content (AvgIpc) is 2.47. The third-order valence-electron chi connectivity index (χ3n) is 4.29. The third kappa shape index (κ3) is 3.08. The maximum Gasteiger partial charge on any atom is 0.253 e. The van der Waals surface area contributed by atoms with Gasteiger partial charge in [0.25, 0.3) is 5.91 Å². The number of carbonyl (C=O) groups is 2. The molecule has 7 heteroatoms. The monoisotopic (exact) mass is 318 g/mol. The molecule has 0 aliphatic carbocycles. The van der Waals surface area contributed by atoms with E-state index in [4.69, 9.17) is 10.5 Å². The smallest absolute Gasteiger partial charge is 0.253 e. The van der Waals surface area contributed by atoms with Gasteiger partial charge in [0.2, 0.25) is 5.91 Å². The minimum atomic E-state index is -0.818. The van der Waals surface area contributed by atoms with Crippen LogP contribution < -0.4 is 16.0 Å². The lowest BCUT2D eigenvalue weighted by Crippen LogP contribution is -2.71. The molecule has 2 amide bonds. The van der Waals surface area contributed by atoms with Crippen LogP contribution >= 0.6 is 0 Å². The average molecular weight is 318 g/mol. The molecule has 2 saturated heterocycles. The van der Waals surface area contributed by atoms with Gasteiger partial charge in [0, 0.05) is 31.0 Å². The number of hydrogen-bond donors (Lipinski definition) is 2. The molecule has 3 rings (SSSR count). The van der Waals surface area contributed by atoms with Crippen LogP contribution in [-0.4, -0.2) is 62.1 Å². The lowest BCUT2D eigenvalue weighted by atomic mass is 9.90. The number of nitrogens with one attached hydrogen (secondary N) is 1. The summed E-state index contributed by atoms with van der Waals surface area (Å²) in [5.41, 5.74) is 7.72. The number of morpholine rings is 1. The van der Waals surface area contributed by atoms with E-state index in [2.05, 4.69) is 5.32 Å². The van der Waals surface area contributed by atoms with Gasteiger partial charge in [-0.2, -0.15) is 0 Å². The van der Waals surface area contributed by atoms with Gasteiger partial charge in [0.15, 0.2) is 0 Å². The van der Waals surface area contributed by atoms with E-state index in [9.17, 15) is 9.59 Å². The van der Waals surface area contributed by atoms with E-state index in [1.54, 1.807) is 11.0 Å². The summed E-state index contributed by atoms with van der Waals surface area (Å²) in [6, 6.07) is 5.51. The Hall–Kier alpha value is -1.96. The van der Waals surface area contributed by atoms with E-state index in [0.29, 0.717) is 31.9 Å². The first kappa shape index (κ1) is 15.9.